The lowest BCUT2D eigenvalue weighted by Gasteiger charge is -2.23. The Morgan fingerprint density at radius 2 is 1.45 bits per heavy atom. The highest BCUT2D eigenvalue weighted by Crippen LogP contribution is 2.34. The molecule has 4 nitrogen and oxygen atoms in total. The maximum Gasteiger partial charge on any atom is 0.230 e. The molecule has 106 valence electrons. The molecule has 0 aliphatic carbocycles. The van der Waals surface area contributed by atoms with Crippen LogP contribution in [-0.2, 0) is 4.74 Å². The molecule has 0 radical (unpaired) electrons. The van der Waals surface area contributed by atoms with E-state index in [1.807, 2.05) is 13.8 Å². The molecule has 0 amide bonds. The molecule has 4 heteroatoms. The molecule has 1 unspecified atom stereocenters. The fourth-order valence-corrected chi connectivity index (χ4v) is 1.77. The minimum atomic E-state index is -0.788. The zero-order valence-corrected chi connectivity index (χ0v) is 11.5. The van der Waals surface area contributed by atoms with Crippen LogP contribution in [0.1, 0.15) is 25.7 Å². The molecule has 20 heavy (non-hydrogen) atoms. The van der Waals surface area contributed by atoms with Crippen molar-refractivity contribution in [1.82, 2.24) is 0 Å². The van der Waals surface area contributed by atoms with E-state index in [0.717, 1.165) is 0 Å². The van der Waals surface area contributed by atoms with E-state index in [-0.39, 0.29) is 17.6 Å². The number of phenolic OH excluding ortho intramolecular Hbond substituents is 2. The fraction of sp³-hybridized carbons (Fsp3) is 0.250. The molecule has 2 aromatic rings. The Balaban J connectivity index is 2.29. The Hall–Kier alpha value is -2.20. The summed E-state index contributed by atoms with van der Waals surface area (Å²) in [6, 6.07) is 13.5. The average molecular weight is 274 g/mol. The summed E-state index contributed by atoms with van der Waals surface area (Å²) < 4.78 is 11.4. The molecule has 0 saturated heterocycles. The van der Waals surface area contributed by atoms with E-state index < -0.39 is 6.29 Å². The summed E-state index contributed by atoms with van der Waals surface area (Å²) in [5, 5.41) is 19.7. The first-order chi connectivity index (χ1) is 9.58. The van der Waals surface area contributed by atoms with E-state index in [4.69, 9.17) is 9.47 Å². The summed E-state index contributed by atoms with van der Waals surface area (Å²) in [7, 11) is 0. The van der Waals surface area contributed by atoms with E-state index in [9.17, 15) is 10.2 Å². The standard InChI is InChI=1S/C16H18O4/c1-11(2)19-16(12-7-3-4-8-13(12)17)20-15-10-6-5-9-14(15)18/h3-11,16-18H,1-2H3. The zero-order valence-electron chi connectivity index (χ0n) is 11.5. The molecule has 0 fully saturated rings. The van der Waals surface area contributed by atoms with E-state index in [0.29, 0.717) is 11.3 Å². The molecule has 0 spiro atoms. The van der Waals surface area contributed by atoms with Crippen LogP contribution in [0.5, 0.6) is 17.2 Å². The minimum Gasteiger partial charge on any atom is -0.507 e. The highest BCUT2D eigenvalue weighted by molar-refractivity contribution is 5.39. The number of ether oxygens (including phenoxy) is 2. The highest BCUT2D eigenvalue weighted by atomic mass is 16.7. The van der Waals surface area contributed by atoms with Crippen molar-refractivity contribution in [3.05, 3.63) is 54.1 Å². The second kappa shape index (κ2) is 6.30. The first kappa shape index (κ1) is 14.2. The predicted octanol–water partition coefficient (Wildman–Crippen LogP) is 3.60. The van der Waals surface area contributed by atoms with Gasteiger partial charge >= 0.3 is 0 Å². The van der Waals surface area contributed by atoms with Gasteiger partial charge in [0.1, 0.15) is 5.75 Å². The number of phenols is 2. The van der Waals surface area contributed by atoms with Gasteiger partial charge in [-0.2, -0.15) is 0 Å². The van der Waals surface area contributed by atoms with E-state index >= 15 is 0 Å². The molecule has 2 N–H and O–H groups in total. The molecule has 1 atom stereocenters. The molecule has 0 aliphatic heterocycles. The Morgan fingerprint density at radius 3 is 2.05 bits per heavy atom. The van der Waals surface area contributed by atoms with E-state index in [2.05, 4.69) is 0 Å². The van der Waals surface area contributed by atoms with Crippen LogP contribution in [0.15, 0.2) is 48.5 Å². The monoisotopic (exact) mass is 274 g/mol. The third-order valence-electron chi connectivity index (χ3n) is 2.69. The Kier molecular flexibility index (Phi) is 4.48. The number of aromatic hydroxyl groups is 2. The quantitative estimate of drug-likeness (QED) is 0.818. The third kappa shape index (κ3) is 3.42. The third-order valence-corrected chi connectivity index (χ3v) is 2.69. The minimum absolute atomic E-state index is 0.0280. The van der Waals surface area contributed by atoms with Gasteiger partial charge in [0, 0.05) is 0 Å². The van der Waals surface area contributed by atoms with Gasteiger partial charge in [-0.15, -0.1) is 0 Å². The van der Waals surface area contributed by atoms with Crippen molar-refractivity contribution in [1.29, 1.82) is 0 Å². The van der Waals surface area contributed by atoms with Crippen LogP contribution in [0.2, 0.25) is 0 Å². The lowest BCUT2D eigenvalue weighted by molar-refractivity contribution is -0.113. The Bertz CT molecular complexity index is 566. The first-order valence-electron chi connectivity index (χ1n) is 6.46. The van der Waals surface area contributed by atoms with Crippen molar-refractivity contribution in [3.63, 3.8) is 0 Å². The fourth-order valence-electron chi connectivity index (χ4n) is 1.77. The summed E-state index contributed by atoms with van der Waals surface area (Å²) in [5.41, 5.74) is 0.518. The van der Waals surface area contributed by atoms with Crippen LogP contribution >= 0.6 is 0 Å². The molecular formula is C16H18O4. The SMILES string of the molecule is CC(C)OC(Oc1ccccc1O)c1ccccc1O. The largest absolute Gasteiger partial charge is 0.507 e. The lowest BCUT2D eigenvalue weighted by Crippen LogP contribution is -2.16. The molecule has 0 bridgehead atoms. The zero-order chi connectivity index (χ0) is 14.5. The number of para-hydroxylation sites is 3. The predicted molar refractivity (Wildman–Crippen MR) is 75.8 cm³/mol. The van der Waals surface area contributed by atoms with E-state index in [1.165, 1.54) is 6.07 Å². The molecular weight excluding hydrogens is 256 g/mol. The van der Waals surface area contributed by atoms with Crippen molar-refractivity contribution in [3.8, 4) is 17.2 Å². The number of rotatable bonds is 5. The van der Waals surface area contributed by atoms with Gasteiger partial charge in [0.2, 0.25) is 6.29 Å². The maximum absolute atomic E-state index is 9.92. The average Bonchev–Trinajstić information content (AvgIpc) is 2.40. The van der Waals surface area contributed by atoms with Crippen molar-refractivity contribution in [2.24, 2.45) is 0 Å². The molecule has 0 aliphatic rings. The van der Waals surface area contributed by atoms with Gasteiger partial charge in [0.25, 0.3) is 0 Å². The van der Waals surface area contributed by atoms with Crippen molar-refractivity contribution < 1.29 is 19.7 Å². The molecule has 0 saturated carbocycles. The van der Waals surface area contributed by atoms with Gasteiger partial charge in [0.15, 0.2) is 11.5 Å². The summed E-state index contributed by atoms with van der Waals surface area (Å²) in [6.07, 6.45) is -0.880. The van der Waals surface area contributed by atoms with Crippen molar-refractivity contribution >= 4 is 0 Å². The molecule has 2 aromatic carbocycles. The summed E-state index contributed by atoms with van der Waals surface area (Å²) in [5.74, 6) is 0.426. The summed E-state index contributed by atoms with van der Waals surface area (Å²) in [6.45, 7) is 3.75. The molecule has 0 heterocycles. The second-order valence-corrected chi connectivity index (χ2v) is 4.66. The molecule has 2 rings (SSSR count). The normalized spacial score (nSPS) is 12.3. The van der Waals surface area contributed by atoms with Gasteiger partial charge in [-0.05, 0) is 38.1 Å². The molecule has 0 aromatic heterocycles. The number of benzene rings is 2. The van der Waals surface area contributed by atoms with Crippen molar-refractivity contribution in [2.45, 2.75) is 26.2 Å². The van der Waals surface area contributed by atoms with Crippen LogP contribution in [0.25, 0.3) is 0 Å². The van der Waals surface area contributed by atoms with Gasteiger partial charge in [-0.1, -0.05) is 24.3 Å². The van der Waals surface area contributed by atoms with E-state index in [1.54, 1.807) is 42.5 Å². The smallest absolute Gasteiger partial charge is 0.230 e. The Labute approximate surface area is 118 Å². The van der Waals surface area contributed by atoms with Gasteiger partial charge in [0.05, 0.1) is 11.7 Å². The number of hydrogen-bond acceptors (Lipinski definition) is 4. The van der Waals surface area contributed by atoms with Crippen LogP contribution < -0.4 is 4.74 Å². The maximum atomic E-state index is 9.92. The highest BCUT2D eigenvalue weighted by Gasteiger charge is 2.20. The Morgan fingerprint density at radius 1 is 0.850 bits per heavy atom. The summed E-state index contributed by atoms with van der Waals surface area (Å²) >= 11 is 0. The van der Waals surface area contributed by atoms with Crippen LogP contribution in [0, 0.1) is 0 Å². The van der Waals surface area contributed by atoms with Crippen LogP contribution in [-0.4, -0.2) is 16.3 Å². The van der Waals surface area contributed by atoms with Gasteiger partial charge < -0.3 is 19.7 Å². The van der Waals surface area contributed by atoms with Gasteiger partial charge in [-0.3, -0.25) is 0 Å². The second-order valence-electron chi connectivity index (χ2n) is 4.66. The van der Waals surface area contributed by atoms with Crippen LogP contribution in [0.3, 0.4) is 0 Å². The number of hydrogen-bond donors (Lipinski definition) is 2. The van der Waals surface area contributed by atoms with Gasteiger partial charge in [-0.25, -0.2) is 0 Å². The lowest BCUT2D eigenvalue weighted by atomic mass is 10.2. The summed E-state index contributed by atoms with van der Waals surface area (Å²) in [4.78, 5) is 0. The van der Waals surface area contributed by atoms with Crippen molar-refractivity contribution in [2.75, 3.05) is 0 Å². The first-order valence-corrected chi connectivity index (χ1v) is 6.46. The van der Waals surface area contributed by atoms with Crippen LogP contribution in [0.4, 0.5) is 0 Å². The topological polar surface area (TPSA) is 58.9 Å².